The van der Waals surface area contributed by atoms with Gasteiger partial charge < -0.3 is 5.32 Å². The predicted octanol–water partition coefficient (Wildman–Crippen LogP) is 4.36. The van der Waals surface area contributed by atoms with E-state index < -0.39 is 0 Å². The van der Waals surface area contributed by atoms with Gasteiger partial charge in [0.15, 0.2) is 0 Å². The average Bonchev–Trinajstić information content (AvgIpc) is 2.34. The van der Waals surface area contributed by atoms with Crippen LogP contribution in [0.4, 0.5) is 4.39 Å². The summed E-state index contributed by atoms with van der Waals surface area (Å²) in [5, 5.41) is 4.10. The molecule has 0 heterocycles. The SMILES string of the molecule is CCNC1CC(c2ccc(F)cc2Cl)C1(C)CC. The molecule has 3 atom stereocenters. The molecule has 1 fully saturated rings. The predicted molar refractivity (Wildman–Crippen MR) is 74.6 cm³/mol. The minimum Gasteiger partial charge on any atom is -0.314 e. The van der Waals surface area contributed by atoms with Crippen LogP contribution in [0.1, 0.15) is 45.1 Å². The zero-order valence-electron chi connectivity index (χ0n) is 11.3. The average molecular weight is 270 g/mol. The molecule has 18 heavy (non-hydrogen) atoms. The summed E-state index contributed by atoms with van der Waals surface area (Å²) in [5.74, 6) is 0.171. The first kappa shape index (κ1) is 13.8. The Kier molecular flexibility index (Phi) is 3.98. The molecule has 100 valence electrons. The van der Waals surface area contributed by atoms with Crippen molar-refractivity contribution in [1.82, 2.24) is 5.32 Å². The minimum absolute atomic E-state index is 0.220. The molecule has 0 radical (unpaired) electrons. The maximum absolute atomic E-state index is 13.1. The van der Waals surface area contributed by atoms with Crippen LogP contribution < -0.4 is 5.32 Å². The minimum atomic E-state index is -0.260. The Morgan fingerprint density at radius 3 is 2.72 bits per heavy atom. The molecule has 1 aliphatic carbocycles. The first-order valence-electron chi connectivity index (χ1n) is 6.71. The van der Waals surface area contributed by atoms with Gasteiger partial charge in [0.25, 0.3) is 0 Å². The van der Waals surface area contributed by atoms with Gasteiger partial charge in [-0.1, -0.05) is 38.4 Å². The molecule has 0 bridgehead atoms. The normalized spacial score (nSPS) is 31.2. The third-order valence-electron chi connectivity index (χ3n) is 4.61. The summed E-state index contributed by atoms with van der Waals surface area (Å²) in [6.07, 6.45) is 2.19. The van der Waals surface area contributed by atoms with E-state index in [4.69, 9.17) is 11.6 Å². The van der Waals surface area contributed by atoms with Crippen molar-refractivity contribution in [2.24, 2.45) is 5.41 Å². The van der Waals surface area contributed by atoms with Crippen molar-refractivity contribution in [2.45, 2.75) is 45.6 Å². The van der Waals surface area contributed by atoms with Crippen LogP contribution in [0.5, 0.6) is 0 Å². The van der Waals surface area contributed by atoms with Crippen LogP contribution in [0.3, 0.4) is 0 Å². The molecular formula is C15H21ClFN. The highest BCUT2D eigenvalue weighted by Crippen LogP contribution is 2.56. The number of halogens is 2. The van der Waals surface area contributed by atoms with Crippen molar-refractivity contribution in [1.29, 1.82) is 0 Å². The van der Waals surface area contributed by atoms with Crippen molar-refractivity contribution in [3.05, 3.63) is 34.6 Å². The molecule has 0 aromatic heterocycles. The lowest BCUT2D eigenvalue weighted by atomic mass is 9.54. The molecule has 1 nitrogen and oxygen atoms in total. The summed E-state index contributed by atoms with van der Waals surface area (Å²) in [6, 6.07) is 5.32. The van der Waals surface area contributed by atoms with E-state index in [1.54, 1.807) is 0 Å². The summed E-state index contributed by atoms with van der Waals surface area (Å²) in [4.78, 5) is 0. The third-order valence-corrected chi connectivity index (χ3v) is 4.94. The summed E-state index contributed by atoms with van der Waals surface area (Å²) in [6.45, 7) is 7.64. The molecule has 0 spiro atoms. The van der Waals surface area contributed by atoms with Crippen LogP contribution in [-0.2, 0) is 0 Å². The Labute approximate surface area is 114 Å². The highest BCUT2D eigenvalue weighted by atomic mass is 35.5. The van der Waals surface area contributed by atoms with E-state index in [2.05, 4.69) is 26.1 Å². The van der Waals surface area contributed by atoms with Crippen molar-refractivity contribution < 1.29 is 4.39 Å². The van der Waals surface area contributed by atoms with E-state index in [9.17, 15) is 4.39 Å². The molecule has 1 aromatic carbocycles. The van der Waals surface area contributed by atoms with E-state index in [0.29, 0.717) is 17.0 Å². The zero-order chi connectivity index (χ0) is 13.3. The fraction of sp³-hybridized carbons (Fsp3) is 0.600. The van der Waals surface area contributed by atoms with Gasteiger partial charge in [-0.25, -0.2) is 4.39 Å². The van der Waals surface area contributed by atoms with Gasteiger partial charge in [-0.2, -0.15) is 0 Å². The zero-order valence-corrected chi connectivity index (χ0v) is 12.0. The summed E-state index contributed by atoms with van der Waals surface area (Å²) in [5.41, 5.74) is 1.31. The lowest BCUT2D eigenvalue weighted by molar-refractivity contribution is 0.0455. The monoisotopic (exact) mass is 269 g/mol. The topological polar surface area (TPSA) is 12.0 Å². The van der Waals surface area contributed by atoms with E-state index in [0.717, 1.165) is 24.9 Å². The fourth-order valence-electron chi connectivity index (χ4n) is 3.18. The largest absolute Gasteiger partial charge is 0.314 e. The van der Waals surface area contributed by atoms with Crippen LogP contribution in [-0.4, -0.2) is 12.6 Å². The first-order chi connectivity index (χ1) is 8.52. The Balaban J connectivity index is 2.24. The quantitative estimate of drug-likeness (QED) is 0.856. The second-order valence-corrected chi connectivity index (χ2v) is 5.83. The van der Waals surface area contributed by atoms with Gasteiger partial charge in [0.1, 0.15) is 5.82 Å². The van der Waals surface area contributed by atoms with Crippen molar-refractivity contribution in [3.63, 3.8) is 0 Å². The smallest absolute Gasteiger partial charge is 0.124 e. The van der Waals surface area contributed by atoms with Crippen molar-refractivity contribution in [3.8, 4) is 0 Å². The Morgan fingerprint density at radius 1 is 1.44 bits per heavy atom. The van der Waals surface area contributed by atoms with Crippen LogP contribution in [0, 0.1) is 11.2 Å². The molecule has 3 heteroatoms. The Morgan fingerprint density at radius 2 is 2.17 bits per heavy atom. The number of hydrogen-bond acceptors (Lipinski definition) is 1. The van der Waals surface area contributed by atoms with Gasteiger partial charge in [0, 0.05) is 11.1 Å². The second-order valence-electron chi connectivity index (χ2n) is 5.42. The van der Waals surface area contributed by atoms with Gasteiger partial charge in [0.05, 0.1) is 0 Å². The van der Waals surface area contributed by atoms with Gasteiger partial charge in [-0.15, -0.1) is 0 Å². The summed E-state index contributed by atoms with van der Waals surface area (Å²) < 4.78 is 13.1. The molecule has 1 aliphatic rings. The Bertz CT molecular complexity index is 435. The van der Waals surface area contributed by atoms with Crippen LogP contribution in [0.2, 0.25) is 5.02 Å². The molecule has 0 saturated heterocycles. The Hall–Kier alpha value is -0.600. The number of hydrogen-bond donors (Lipinski definition) is 1. The van der Waals surface area contributed by atoms with E-state index in [-0.39, 0.29) is 11.2 Å². The van der Waals surface area contributed by atoms with Crippen LogP contribution in [0.15, 0.2) is 18.2 Å². The standard InChI is InChI=1S/C15H21ClFN/c1-4-15(3)12(9-14(15)18-5-2)11-7-6-10(17)8-13(11)16/h6-8,12,14,18H,4-5,9H2,1-3H3. The van der Waals surface area contributed by atoms with Gasteiger partial charge in [0.2, 0.25) is 0 Å². The molecule has 3 unspecified atom stereocenters. The van der Waals surface area contributed by atoms with Crippen LogP contribution in [0.25, 0.3) is 0 Å². The van der Waals surface area contributed by atoms with Crippen molar-refractivity contribution >= 4 is 11.6 Å². The summed E-state index contributed by atoms with van der Waals surface area (Å²) in [7, 11) is 0. The lowest BCUT2D eigenvalue weighted by Crippen LogP contribution is -2.56. The number of rotatable bonds is 4. The molecule has 1 aromatic rings. The number of nitrogens with one attached hydrogen (secondary N) is 1. The maximum Gasteiger partial charge on any atom is 0.124 e. The first-order valence-corrected chi connectivity index (χ1v) is 7.09. The van der Waals surface area contributed by atoms with Crippen LogP contribution >= 0.6 is 11.6 Å². The molecular weight excluding hydrogens is 249 g/mol. The second kappa shape index (κ2) is 5.18. The molecule has 1 N–H and O–H groups in total. The van der Waals surface area contributed by atoms with E-state index in [1.165, 1.54) is 12.1 Å². The maximum atomic E-state index is 13.1. The third kappa shape index (κ3) is 2.17. The molecule has 1 saturated carbocycles. The molecule has 0 amide bonds. The van der Waals surface area contributed by atoms with Crippen molar-refractivity contribution in [2.75, 3.05) is 6.54 Å². The summed E-state index contributed by atoms with van der Waals surface area (Å²) >= 11 is 6.19. The van der Waals surface area contributed by atoms with E-state index >= 15 is 0 Å². The molecule has 0 aliphatic heterocycles. The van der Waals surface area contributed by atoms with E-state index in [1.807, 2.05) is 6.07 Å². The number of benzene rings is 1. The van der Waals surface area contributed by atoms with Gasteiger partial charge in [-0.3, -0.25) is 0 Å². The molecule has 2 rings (SSSR count). The highest BCUT2D eigenvalue weighted by molar-refractivity contribution is 6.31. The highest BCUT2D eigenvalue weighted by Gasteiger charge is 2.50. The fourth-order valence-corrected chi connectivity index (χ4v) is 3.48. The lowest BCUT2D eigenvalue weighted by Gasteiger charge is -2.55. The van der Waals surface area contributed by atoms with Gasteiger partial charge in [-0.05, 0) is 48.4 Å². The van der Waals surface area contributed by atoms with Gasteiger partial charge >= 0.3 is 0 Å².